The zero-order valence-electron chi connectivity index (χ0n) is 17.1. The van der Waals surface area contributed by atoms with Crippen molar-refractivity contribution in [2.24, 2.45) is 0 Å². The van der Waals surface area contributed by atoms with Gasteiger partial charge in [-0.25, -0.2) is 8.42 Å². The second kappa shape index (κ2) is 9.82. The maximum Gasteiger partial charge on any atom is 0.264 e. The van der Waals surface area contributed by atoms with Gasteiger partial charge in [-0.05, 0) is 55.5 Å². The number of hydrogen-bond acceptors (Lipinski definition) is 6. The molecule has 30 heavy (non-hydrogen) atoms. The molecule has 1 heterocycles. The molecule has 0 radical (unpaired) electrons. The fourth-order valence-corrected chi connectivity index (χ4v) is 4.52. The molecule has 1 aliphatic heterocycles. The summed E-state index contributed by atoms with van der Waals surface area (Å²) in [4.78, 5) is 14.5. The van der Waals surface area contributed by atoms with Crippen LogP contribution in [0.3, 0.4) is 0 Å². The van der Waals surface area contributed by atoms with Crippen LogP contribution in [0.4, 0.5) is 5.69 Å². The molecule has 9 heteroatoms. The fraction of sp³-hybridized carbons (Fsp3) is 0.381. The Bertz CT molecular complexity index is 938. The van der Waals surface area contributed by atoms with Gasteiger partial charge in [-0.1, -0.05) is 0 Å². The number of rotatable bonds is 8. The third kappa shape index (κ3) is 5.03. The first-order valence-corrected chi connectivity index (χ1v) is 11.1. The molecule has 162 valence electrons. The molecule has 2 aromatic carbocycles. The normalized spacial score (nSPS) is 14.3. The Morgan fingerprint density at radius 1 is 1.03 bits per heavy atom. The fourth-order valence-electron chi connectivity index (χ4n) is 3.10. The van der Waals surface area contributed by atoms with E-state index in [0.717, 1.165) is 4.31 Å². The van der Waals surface area contributed by atoms with Crippen molar-refractivity contribution in [2.75, 3.05) is 50.9 Å². The van der Waals surface area contributed by atoms with Crippen molar-refractivity contribution >= 4 is 21.6 Å². The van der Waals surface area contributed by atoms with Crippen molar-refractivity contribution in [2.45, 2.75) is 11.8 Å². The lowest BCUT2D eigenvalue weighted by molar-refractivity contribution is -0.133. The minimum Gasteiger partial charge on any atom is -0.497 e. The van der Waals surface area contributed by atoms with E-state index >= 15 is 0 Å². The molecule has 0 spiro atoms. The first kappa shape index (κ1) is 21.9. The van der Waals surface area contributed by atoms with Crippen LogP contribution in [0.25, 0.3) is 0 Å². The number of morpholine rings is 1. The Labute approximate surface area is 177 Å². The summed E-state index contributed by atoms with van der Waals surface area (Å²) < 4.78 is 43.8. The molecule has 0 atom stereocenters. The predicted octanol–water partition coefficient (Wildman–Crippen LogP) is 2.15. The predicted molar refractivity (Wildman–Crippen MR) is 113 cm³/mol. The molecule has 0 bridgehead atoms. The zero-order valence-corrected chi connectivity index (χ0v) is 17.9. The van der Waals surface area contributed by atoms with Crippen LogP contribution < -0.4 is 13.8 Å². The summed E-state index contributed by atoms with van der Waals surface area (Å²) in [6.07, 6.45) is 0. The second-order valence-corrected chi connectivity index (χ2v) is 8.47. The number of hydrogen-bond donors (Lipinski definition) is 0. The van der Waals surface area contributed by atoms with E-state index < -0.39 is 10.0 Å². The van der Waals surface area contributed by atoms with Gasteiger partial charge in [0.2, 0.25) is 5.91 Å². The molecular weight excluding hydrogens is 408 g/mol. The summed E-state index contributed by atoms with van der Waals surface area (Å²) in [6.45, 7) is 3.84. The number of methoxy groups -OCH3 is 1. The molecule has 0 aromatic heterocycles. The van der Waals surface area contributed by atoms with Gasteiger partial charge in [-0.3, -0.25) is 9.10 Å². The van der Waals surface area contributed by atoms with Crippen molar-refractivity contribution in [3.63, 3.8) is 0 Å². The molecule has 2 aromatic rings. The number of carbonyl (C=O) groups excluding carboxylic acids is 1. The highest BCUT2D eigenvalue weighted by Crippen LogP contribution is 2.27. The van der Waals surface area contributed by atoms with E-state index in [-0.39, 0.29) is 17.3 Å². The molecule has 1 aliphatic rings. The van der Waals surface area contributed by atoms with Gasteiger partial charge in [0.05, 0.1) is 37.5 Å². The number of nitrogens with zero attached hydrogens (tertiary/aromatic N) is 2. The van der Waals surface area contributed by atoms with Crippen molar-refractivity contribution in [1.29, 1.82) is 0 Å². The van der Waals surface area contributed by atoms with Crippen molar-refractivity contribution in [1.82, 2.24) is 4.90 Å². The van der Waals surface area contributed by atoms with Crippen LogP contribution in [0.15, 0.2) is 53.4 Å². The quantitative estimate of drug-likeness (QED) is 0.633. The van der Waals surface area contributed by atoms with Gasteiger partial charge in [-0.2, -0.15) is 0 Å². The van der Waals surface area contributed by atoms with Crippen LogP contribution in [0, 0.1) is 0 Å². The zero-order chi connectivity index (χ0) is 21.6. The number of anilines is 1. The highest BCUT2D eigenvalue weighted by Gasteiger charge is 2.29. The lowest BCUT2D eigenvalue weighted by atomic mass is 10.3. The van der Waals surface area contributed by atoms with Gasteiger partial charge < -0.3 is 19.1 Å². The molecule has 1 saturated heterocycles. The van der Waals surface area contributed by atoms with E-state index in [4.69, 9.17) is 14.2 Å². The molecular formula is C21H26N2O6S. The van der Waals surface area contributed by atoms with Crippen LogP contribution in [0.1, 0.15) is 6.92 Å². The summed E-state index contributed by atoms with van der Waals surface area (Å²) in [6, 6.07) is 12.7. The molecule has 3 rings (SSSR count). The lowest BCUT2D eigenvalue weighted by Gasteiger charge is -2.30. The van der Waals surface area contributed by atoms with E-state index in [0.29, 0.717) is 50.1 Å². The minimum atomic E-state index is -3.98. The highest BCUT2D eigenvalue weighted by molar-refractivity contribution is 7.92. The number of amides is 1. The van der Waals surface area contributed by atoms with Gasteiger partial charge in [-0.15, -0.1) is 0 Å². The largest absolute Gasteiger partial charge is 0.497 e. The molecule has 0 unspecified atom stereocenters. The molecule has 0 N–H and O–H groups in total. The van der Waals surface area contributed by atoms with Crippen molar-refractivity contribution < 1.29 is 27.4 Å². The Kier molecular flexibility index (Phi) is 7.17. The van der Waals surface area contributed by atoms with E-state index in [1.54, 1.807) is 41.3 Å². The van der Waals surface area contributed by atoms with Crippen LogP contribution >= 0.6 is 0 Å². The van der Waals surface area contributed by atoms with Crippen LogP contribution in [0.5, 0.6) is 11.5 Å². The molecule has 1 amide bonds. The number of ether oxygens (including phenoxy) is 3. The Morgan fingerprint density at radius 3 is 2.20 bits per heavy atom. The standard InChI is InChI=1S/C21H26N2O6S/c1-3-29-19-6-4-17(5-7-19)23(16-21(24)22-12-14-28-15-13-22)30(25,26)20-10-8-18(27-2)9-11-20/h4-11H,3,12-16H2,1-2H3. The van der Waals surface area contributed by atoms with Gasteiger partial charge in [0.15, 0.2) is 0 Å². The van der Waals surface area contributed by atoms with Crippen LogP contribution in [-0.4, -0.2) is 65.8 Å². The molecule has 0 aliphatic carbocycles. The summed E-state index contributed by atoms with van der Waals surface area (Å²) in [5, 5.41) is 0. The SMILES string of the molecule is CCOc1ccc(N(CC(=O)N2CCOCC2)S(=O)(=O)c2ccc(OC)cc2)cc1. The number of sulfonamides is 1. The van der Waals surface area contributed by atoms with E-state index in [2.05, 4.69) is 0 Å². The van der Waals surface area contributed by atoms with Gasteiger partial charge >= 0.3 is 0 Å². The molecule has 0 saturated carbocycles. The van der Waals surface area contributed by atoms with Crippen LogP contribution in [-0.2, 0) is 19.6 Å². The summed E-state index contributed by atoms with van der Waals surface area (Å²) in [7, 11) is -2.47. The van der Waals surface area contributed by atoms with Gasteiger partial charge in [0.1, 0.15) is 18.0 Å². The van der Waals surface area contributed by atoms with E-state index in [1.165, 1.54) is 19.2 Å². The van der Waals surface area contributed by atoms with E-state index in [9.17, 15) is 13.2 Å². The summed E-state index contributed by atoms with van der Waals surface area (Å²) in [5.74, 6) is 0.901. The summed E-state index contributed by atoms with van der Waals surface area (Å²) in [5.41, 5.74) is 0.385. The maximum absolute atomic E-state index is 13.4. The maximum atomic E-state index is 13.4. The first-order valence-electron chi connectivity index (χ1n) is 9.71. The number of carbonyl (C=O) groups is 1. The first-order chi connectivity index (χ1) is 14.5. The average Bonchev–Trinajstić information content (AvgIpc) is 2.78. The monoisotopic (exact) mass is 434 g/mol. The third-order valence-corrected chi connectivity index (χ3v) is 6.51. The van der Waals surface area contributed by atoms with Gasteiger partial charge in [0.25, 0.3) is 10.0 Å². The smallest absolute Gasteiger partial charge is 0.264 e. The lowest BCUT2D eigenvalue weighted by Crippen LogP contribution is -2.47. The van der Waals surface area contributed by atoms with Crippen molar-refractivity contribution in [3.05, 3.63) is 48.5 Å². The van der Waals surface area contributed by atoms with E-state index in [1.807, 2.05) is 6.92 Å². The minimum absolute atomic E-state index is 0.0759. The highest BCUT2D eigenvalue weighted by atomic mass is 32.2. The third-order valence-electron chi connectivity index (χ3n) is 4.73. The Hall–Kier alpha value is -2.78. The Balaban J connectivity index is 1.93. The Morgan fingerprint density at radius 2 is 1.63 bits per heavy atom. The molecule has 1 fully saturated rings. The summed E-state index contributed by atoms with van der Waals surface area (Å²) >= 11 is 0. The van der Waals surface area contributed by atoms with Crippen LogP contribution in [0.2, 0.25) is 0 Å². The molecule has 8 nitrogen and oxygen atoms in total. The van der Waals surface area contributed by atoms with Crippen molar-refractivity contribution in [3.8, 4) is 11.5 Å². The topological polar surface area (TPSA) is 85.4 Å². The second-order valence-electron chi connectivity index (χ2n) is 6.61. The number of benzene rings is 2. The average molecular weight is 435 g/mol. The van der Waals surface area contributed by atoms with Gasteiger partial charge in [0, 0.05) is 13.1 Å².